The van der Waals surface area contributed by atoms with Crippen LogP contribution in [0.15, 0.2) is 48.5 Å². The zero-order chi connectivity index (χ0) is 18.4. The molecule has 0 aliphatic carbocycles. The Balaban J connectivity index is 2.20. The fraction of sp³-hybridized carbons (Fsp3) is 0.263. The van der Waals surface area contributed by atoms with Crippen molar-refractivity contribution in [3.63, 3.8) is 0 Å². The van der Waals surface area contributed by atoms with Gasteiger partial charge in [-0.2, -0.15) is 0 Å². The molecule has 1 unspecified atom stereocenters. The van der Waals surface area contributed by atoms with Crippen LogP contribution in [0.2, 0.25) is 5.02 Å². The average molecular weight is 363 g/mol. The van der Waals surface area contributed by atoms with Crippen LogP contribution < -0.4 is 5.32 Å². The zero-order valence-corrected chi connectivity index (χ0v) is 14.9. The van der Waals surface area contributed by atoms with Crippen molar-refractivity contribution in [2.45, 2.75) is 25.9 Å². The number of nitrogens with zero attached hydrogens (tertiary/aromatic N) is 1. The smallest absolute Gasteiger partial charge is 0.242 e. The topological polar surface area (TPSA) is 49.4 Å². The molecule has 6 heteroatoms. The van der Waals surface area contributed by atoms with Crippen LogP contribution in [0.5, 0.6) is 0 Å². The third-order valence-electron chi connectivity index (χ3n) is 3.95. The van der Waals surface area contributed by atoms with Gasteiger partial charge >= 0.3 is 0 Å². The van der Waals surface area contributed by atoms with Gasteiger partial charge in [-0.3, -0.25) is 9.59 Å². The number of hydrogen-bond donors (Lipinski definition) is 1. The van der Waals surface area contributed by atoms with Gasteiger partial charge in [0, 0.05) is 18.6 Å². The van der Waals surface area contributed by atoms with Crippen molar-refractivity contribution in [3.05, 3.63) is 70.5 Å². The Hall–Kier alpha value is -2.40. The SMILES string of the molecule is CNC(=O)C(C)N(Cc1ccc(F)cc1)C(=O)Cc1ccc(Cl)cc1. The number of hydrogen-bond acceptors (Lipinski definition) is 2. The molecule has 1 N–H and O–H groups in total. The van der Waals surface area contributed by atoms with Gasteiger partial charge in [0.1, 0.15) is 11.9 Å². The quantitative estimate of drug-likeness (QED) is 0.858. The molecule has 1 atom stereocenters. The molecule has 0 aliphatic rings. The van der Waals surface area contributed by atoms with Crippen molar-refractivity contribution < 1.29 is 14.0 Å². The van der Waals surface area contributed by atoms with Gasteiger partial charge in [0.05, 0.1) is 6.42 Å². The average Bonchev–Trinajstić information content (AvgIpc) is 2.61. The molecule has 0 aromatic heterocycles. The Morgan fingerprint density at radius 1 is 1.08 bits per heavy atom. The number of likely N-dealkylation sites (N-methyl/N-ethyl adjacent to an activating group) is 1. The molecule has 0 aliphatic heterocycles. The number of halogens is 2. The molecule has 25 heavy (non-hydrogen) atoms. The number of amides is 2. The summed E-state index contributed by atoms with van der Waals surface area (Å²) in [5.41, 5.74) is 1.56. The van der Waals surface area contributed by atoms with E-state index >= 15 is 0 Å². The summed E-state index contributed by atoms with van der Waals surface area (Å²) >= 11 is 5.86. The van der Waals surface area contributed by atoms with Crippen molar-refractivity contribution in [2.24, 2.45) is 0 Å². The normalized spacial score (nSPS) is 11.7. The molecule has 0 fully saturated rings. The molecule has 0 saturated heterocycles. The van der Waals surface area contributed by atoms with Crippen LogP contribution in [0.3, 0.4) is 0 Å². The van der Waals surface area contributed by atoms with Gasteiger partial charge in [-0.25, -0.2) is 4.39 Å². The van der Waals surface area contributed by atoms with Crippen molar-refractivity contribution in [1.82, 2.24) is 10.2 Å². The molecule has 0 spiro atoms. The van der Waals surface area contributed by atoms with Crippen molar-refractivity contribution in [1.29, 1.82) is 0 Å². The Kier molecular flexibility index (Phi) is 6.53. The largest absolute Gasteiger partial charge is 0.357 e. The van der Waals surface area contributed by atoms with E-state index in [2.05, 4.69) is 5.32 Å². The first-order valence-corrected chi connectivity index (χ1v) is 8.28. The van der Waals surface area contributed by atoms with Crippen LogP contribution in [0.4, 0.5) is 4.39 Å². The van der Waals surface area contributed by atoms with E-state index in [1.54, 1.807) is 43.3 Å². The van der Waals surface area contributed by atoms with Crippen molar-refractivity contribution in [2.75, 3.05) is 7.05 Å². The summed E-state index contributed by atoms with van der Waals surface area (Å²) in [5.74, 6) is -0.795. The summed E-state index contributed by atoms with van der Waals surface area (Å²) in [7, 11) is 1.53. The maximum Gasteiger partial charge on any atom is 0.242 e. The van der Waals surface area contributed by atoms with Gasteiger partial charge in [-0.05, 0) is 42.3 Å². The maximum absolute atomic E-state index is 13.1. The van der Waals surface area contributed by atoms with E-state index in [-0.39, 0.29) is 30.6 Å². The molecule has 4 nitrogen and oxygen atoms in total. The Morgan fingerprint density at radius 2 is 1.64 bits per heavy atom. The monoisotopic (exact) mass is 362 g/mol. The number of benzene rings is 2. The summed E-state index contributed by atoms with van der Waals surface area (Å²) in [4.78, 5) is 26.3. The fourth-order valence-electron chi connectivity index (χ4n) is 2.46. The maximum atomic E-state index is 13.1. The minimum atomic E-state index is -0.644. The minimum Gasteiger partial charge on any atom is -0.357 e. The van der Waals surface area contributed by atoms with E-state index in [1.165, 1.54) is 24.1 Å². The van der Waals surface area contributed by atoms with E-state index < -0.39 is 6.04 Å². The van der Waals surface area contributed by atoms with Crippen LogP contribution in [0.1, 0.15) is 18.1 Å². The number of rotatable bonds is 6. The third kappa shape index (κ3) is 5.29. The van der Waals surface area contributed by atoms with Crippen LogP contribution in [-0.4, -0.2) is 29.8 Å². The lowest BCUT2D eigenvalue weighted by molar-refractivity contribution is -0.139. The molecule has 132 valence electrons. The lowest BCUT2D eigenvalue weighted by atomic mass is 10.1. The Bertz CT molecular complexity index is 732. The zero-order valence-electron chi connectivity index (χ0n) is 14.1. The highest BCUT2D eigenvalue weighted by Crippen LogP contribution is 2.15. The predicted octanol–water partition coefficient (Wildman–Crippen LogP) is 3.18. The Labute approximate surface area is 151 Å². The van der Waals surface area contributed by atoms with E-state index in [1.807, 2.05) is 0 Å². The molecule has 2 rings (SSSR count). The standard InChI is InChI=1S/C19H20ClFN2O2/c1-13(19(25)22-2)23(12-15-5-9-17(21)10-6-15)18(24)11-14-3-7-16(20)8-4-14/h3-10,13H,11-12H2,1-2H3,(H,22,25). The van der Waals surface area contributed by atoms with Gasteiger partial charge in [0.15, 0.2) is 0 Å². The molecule has 0 radical (unpaired) electrons. The Morgan fingerprint density at radius 3 is 2.20 bits per heavy atom. The second-order valence-electron chi connectivity index (χ2n) is 5.74. The molecule has 0 saturated carbocycles. The summed E-state index contributed by atoms with van der Waals surface area (Å²) in [6.07, 6.45) is 0.152. The predicted molar refractivity (Wildman–Crippen MR) is 95.6 cm³/mol. The lowest BCUT2D eigenvalue weighted by Gasteiger charge is -2.28. The number of carbonyl (C=O) groups is 2. The summed E-state index contributed by atoms with van der Waals surface area (Å²) in [5, 5.41) is 3.15. The van der Waals surface area contributed by atoms with Crippen LogP contribution in [0, 0.1) is 5.82 Å². The highest BCUT2D eigenvalue weighted by molar-refractivity contribution is 6.30. The molecular weight excluding hydrogens is 343 g/mol. The van der Waals surface area contributed by atoms with Gasteiger partial charge in [0.2, 0.25) is 11.8 Å². The van der Waals surface area contributed by atoms with Crippen LogP contribution in [0.25, 0.3) is 0 Å². The molecule has 0 bridgehead atoms. The summed E-state index contributed by atoms with van der Waals surface area (Å²) in [6, 6.07) is 12.2. The minimum absolute atomic E-state index is 0.152. The fourth-order valence-corrected chi connectivity index (χ4v) is 2.58. The molecule has 2 aromatic carbocycles. The number of nitrogens with one attached hydrogen (secondary N) is 1. The van der Waals surface area contributed by atoms with E-state index in [4.69, 9.17) is 11.6 Å². The van der Waals surface area contributed by atoms with Crippen LogP contribution in [-0.2, 0) is 22.6 Å². The van der Waals surface area contributed by atoms with Gasteiger partial charge < -0.3 is 10.2 Å². The molecular formula is C19H20ClFN2O2. The van der Waals surface area contributed by atoms with E-state index in [0.717, 1.165) is 11.1 Å². The van der Waals surface area contributed by atoms with Gasteiger partial charge in [-0.1, -0.05) is 35.9 Å². The highest BCUT2D eigenvalue weighted by atomic mass is 35.5. The second kappa shape index (κ2) is 8.62. The van der Waals surface area contributed by atoms with Crippen molar-refractivity contribution >= 4 is 23.4 Å². The van der Waals surface area contributed by atoms with Gasteiger partial charge in [-0.15, -0.1) is 0 Å². The first-order valence-electron chi connectivity index (χ1n) is 7.90. The second-order valence-corrected chi connectivity index (χ2v) is 6.18. The van der Waals surface area contributed by atoms with E-state index in [0.29, 0.717) is 5.02 Å². The first-order chi connectivity index (χ1) is 11.9. The summed E-state index contributed by atoms with van der Waals surface area (Å²) in [6.45, 7) is 1.89. The third-order valence-corrected chi connectivity index (χ3v) is 4.20. The first kappa shape index (κ1) is 18.9. The van der Waals surface area contributed by atoms with Crippen LogP contribution >= 0.6 is 11.6 Å². The van der Waals surface area contributed by atoms with Gasteiger partial charge in [0.25, 0.3) is 0 Å². The highest BCUT2D eigenvalue weighted by Gasteiger charge is 2.25. The lowest BCUT2D eigenvalue weighted by Crippen LogP contribution is -2.47. The van der Waals surface area contributed by atoms with Crippen molar-refractivity contribution in [3.8, 4) is 0 Å². The number of carbonyl (C=O) groups excluding carboxylic acids is 2. The molecule has 0 heterocycles. The molecule has 2 aromatic rings. The molecule has 2 amide bonds. The van der Waals surface area contributed by atoms with E-state index in [9.17, 15) is 14.0 Å². The summed E-state index contributed by atoms with van der Waals surface area (Å²) < 4.78 is 13.1.